The number of ether oxygens (including phenoxy) is 3. The largest absolute Gasteiger partial charge is 0.497 e. The summed E-state index contributed by atoms with van der Waals surface area (Å²) in [5.74, 6) is 0.326. The van der Waals surface area contributed by atoms with Crippen molar-refractivity contribution in [3.8, 4) is 11.5 Å². The van der Waals surface area contributed by atoms with Crippen molar-refractivity contribution in [2.45, 2.75) is 19.9 Å². The number of esters is 1. The van der Waals surface area contributed by atoms with Crippen LogP contribution in [0.2, 0.25) is 0 Å². The van der Waals surface area contributed by atoms with Crippen LogP contribution in [0.15, 0.2) is 54.6 Å². The fourth-order valence-electron chi connectivity index (χ4n) is 2.70. The van der Waals surface area contributed by atoms with Gasteiger partial charge in [-0.05, 0) is 50.3 Å². The Morgan fingerprint density at radius 2 is 1.75 bits per heavy atom. The topological polar surface area (TPSA) is 65.1 Å². The molecule has 2 rings (SSSR count). The molecule has 6 heteroatoms. The molecule has 0 heterocycles. The quantitative estimate of drug-likeness (QED) is 0.514. The maximum absolute atomic E-state index is 12.5. The third kappa shape index (κ3) is 5.61. The molecule has 1 amide bonds. The standard InChI is InChI=1S/C22H25NO5/c1-16(2)23(18-8-6-5-7-9-18)21(24)15-28-22(25)13-10-17-14-19(26-3)11-12-20(17)27-4/h5-14,16H,15H2,1-4H3. The van der Waals surface area contributed by atoms with Gasteiger partial charge in [0.2, 0.25) is 0 Å². The predicted octanol–water partition coefficient (Wildman–Crippen LogP) is 3.70. The van der Waals surface area contributed by atoms with E-state index in [1.54, 1.807) is 43.4 Å². The van der Waals surface area contributed by atoms with E-state index in [-0.39, 0.29) is 18.6 Å². The van der Waals surface area contributed by atoms with Gasteiger partial charge >= 0.3 is 5.97 Å². The molecule has 28 heavy (non-hydrogen) atoms. The second kappa shape index (κ2) is 10.2. The second-order valence-corrected chi connectivity index (χ2v) is 6.24. The molecule has 0 spiro atoms. The van der Waals surface area contributed by atoms with Gasteiger partial charge in [0, 0.05) is 23.4 Å². The van der Waals surface area contributed by atoms with Crippen LogP contribution >= 0.6 is 0 Å². The summed E-state index contributed by atoms with van der Waals surface area (Å²) in [4.78, 5) is 26.2. The van der Waals surface area contributed by atoms with E-state index in [1.165, 1.54) is 6.08 Å². The lowest BCUT2D eigenvalue weighted by molar-refractivity contribution is -0.143. The van der Waals surface area contributed by atoms with Crippen LogP contribution in [0, 0.1) is 0 Å². The van der Waals surface area contributed by atoms with E-state index in [9.17, 15) is 9.59 Å². The van der Waals surface area contributed by atoms with Crippen LogP contribution < -0.4 is 14.4 Å². The average Bonchev–Trinajstić information content (AvgIpc) is 2.71. The minimum Gasteiger partial charge on any atom is -0.497 e. The van der Waals surface area contributed by atoms with E-state index in [0.717, 1.165) is 5.69 Å². The molecule has 0 fully saturated rings. The minimum atomic E-state index is -0.616. The van der Waals surface area contributed by atoms with Gasteiger partial charge in [0.1, 0.15) is 11.5 Å². The summed E-state index contributed by atoms with van der Waals surface area (Å²) in [5, 5.41) is 0. The third-order valence-corrected chi connectivity index (χ3v) is 3.99. The Balaban J connectivity index is 2.01. The lowest BCUT2D eigenvalue weighted by Gasteiger charge is -2.26. The SMILES string of the molecule is COc1ccc(OC)c(C=CC(=O)OCC(=O)N(c2ccccc2)C(C)C)c1. The Kier molecular flexibility index (Phi) is 7.63. The zero-order valence-corrected chi connectivity index (χ0v) is 16.5. The molecule has 0 aromatic heterocycles. The minimum absolute atomic E-state index is 0.0646. The molecule has 6 nitrogen and oxygen atoms in total. The molecule has 0 aliphatic heterocycles. The average molecular weight is 383 g/mol. The first kappa shape index (κ1) is 21.0. The Morgan fingerprint density at radius 3 is 2.36 bits per heavy atom. The van der Waals surface area contributed by atoms with Gasteiger partial charge in [-0.25, -0.2) is 4.79 Å². The molecule has 2 aromatic carbocycles. The fourth-order valence-corrected chi connectivity index (χ4v) is 2.70. The van der Waals surface area contributed by atoms with Crippen molar-refractivity contribution in [3.63, 3.8) is 0 Å². The van der Waals surface area contributed by atoms with Crippen LogP contribution in [0.5, 0.6) is 11.5 Å². The molecule has 0 saturated carbocycles. The third-order valence-electron chi connectivity index (χ3n) is 3.99. The molecule has 0 atom stereocenters. The first-order valence-electron chi connectivity index (χ1n) is 8.90. The summed E-state index contributed by atoms with van der Waals surface area (Å²) in [6, 6.07) is 14.5. The van der Waals surface area contributed by atoms with Gasteiger partial charge in [0.05, 0.1) is 14.2 Å². The van der Waals surface area contributed by atoms with Gasteiger partial charge in [-0.1, -0.05) is 18.2 Å². The highest BCUT2D eigenvalue weighted by molar-refractivity contribution is 5.97. The number of carbonyl (C=O) groups is 2. The summed E-state index contributed by atoms with van der Waals surface area (Å²) < 4.78 is 15.6. The van der Waals surface area contributed by atoms with Gasteiger partial charge in [-0.2, -0.15) is 0 Å². The van der Waals surface area contributed by atoms with Gasteiger partial charge in [-0.15, -0.1) is 0 Å². The zero-order chi connectivity index (χ0) is 20.5. The first-order valence-corrected chi connectivity index (χ1v) is 8.90. The summed E-state index contributed by atoms with van der Waals surface area (Å²) >= 11 is 0. The van der Waals surface area contributed by atoms with E-state index in [1.807, 2.05) is 44.2 Å². The van der Waals surface area contributed by atoms with Crippen molar-refractivity contribution in [2.24, 2.45) is 0 Å². The van der Waals surface area contributed by atoms with E-state index >= 15 is 0 Å². The number of nitrogens with zero attached hydrogens (tertiary/aromatic N) is 1. The van der Waals surface area contributed by atoms with Gasteiger partial charge < -0.3 is 19.1 Å². The molecule has 148 valence electrons. The number of methoxy groups -OCH3 is 2. The van der Waals surface area contributed by atoms with Crippen molar-refractivity contribution < 1.29 is 23.8 Å². The molecule has 2 aromatic rings. The van der Waals surface area contributed by atoms with E-state index in [4.69, 9.17) is 14.2 Å². The number of amides is 1. The normalized spacial score (nSPS) is 10.8. The molecule has 0 bridgehead atoms. The maximum atomic E-state index is 12.5. The summed E-state index contributed by atoms with van der Waals surface area (Å²) in [6.45, 7) is 3.47. The Morgan fingerprint density at radius 1 is 1.04 bits per heavy atom. The van der Waals surface area contributed by atoms with Crippen molar-refractivity contribution in [1.82, 2.24) is 0 Å². The molecule has 0 unspecified atom stereocenters. The molecular formula is C22H25NO5. The van der Waals surface area contributed by atoms with Crippen LogP contribution in [0.25, 0.3) is 6.08 Å². The number of hydrogen-bond acceptors (Lipinski definition) is 5. The number of benzene rings is 2. The Bertz CT molecular complexity index is 830. The van der Waals surface area contributed by atoms with Crippen LogP contribution in [0.4, 0.5) is 5.69 Å². The van der Waals surface area contributed by atoms with Crippen LogP contribution in [0.1, 0.15) is 19.4 Å². The van der Waals surface area contributed by atoms with Gasteiger partial charge in [-0.3, -0.25) is 4.79 Å². The number of para-hydroxylation sites is 1. The second-order valence-electron chi connectivity index (χ2n) is 6.24. The van der Waals surface area contributed by atoms with Crippen molar-refractivity contribution in [2.75, 3.05) is 25.7 Å². The lowest BCUT2D eigenvalue weighted by Crippen LogP contribution is -2.39. The molecule has 0 saturated heterocycles. The smallest absolute Gasteiger partial charge is 0.331 e. The first-order chi connectivity index (χ1) is 13.5. The fraction of sp³-hybridized carbons (Fsp3) is 0.273. The number of anilines is 1. The van der Waals surface area contributed by atoms with Crippen LogP contribution in [-0.4, -0.2) is 38.7 Å². The van der Waals surface area contributed by atoms with E-state index < -0.39 is 5.97 Å². The van der Waals surface area contributed by atoms with Crippen molar-refractivity contribution >= 4 is 23.6 Å². The predicted molar refractivity (Wildman–Crippen MR) is 109 cm³/mol. The highest BCUT2D eigenvalue weighted by Gasteiger charge is 2.19. The summed E-state index contributed by atoms with van der Waals surface area (Å²) in [6.07, 6.45) is 2.82. The molecule has 0 aliphatic rings. The van der Waals surface area contributed by atoms with E-state index in [2.05, 4.69) is 0 Å². The van der Waals surface area contributed by atoms with Crippen molar-refractivity contribution in [1.29, 1.82) is 0 Å². The Hall–Kier alpha value is -3.28. The van der Waals surface area contributed by atoms with Gasteiger partial charge in [0.15, 0.2) is 6.61 Å². The monoisotopic (exact) mass is 383 g/mol. The van der Waals surface area contributed by atoms with Crippen LogP contribution in [-0.2, 0) is 14.3 Å². The maximum Gasteiger partial charge on any atom is 0.331 e. The molecule has 0 radical (unpaired) electrons. The zero-order valence-electron chi connectivity index (χ0n) is 16.5. The highest BCUT2D eigenvalue weighted by Crippen LogP contribution is 2.25. The van der Waals surface area contributed by atoms with Crippen molar-refractivity contribution in [3.05, 3.63) is 60.2 Å². The molecular weight excluding hydrogens is 358 g/mol. The summed E-state index contributed by atoms with van der Waals surface area (Å²) in [7, 11) is 3.10. The summed E-state index contributed by atoms with van der Waals surface area (Å²) in [5.41, 5.74) is 1.42. The molecule has 0 aliphatic carbocycles. The highest BCUT2D eigenvalue weighted by atomic mass is 16.5. The number of rotatable bonds is 8. The number of hydrogen-bond donors (Lipinski definition) is 0. The lowest BCUT2D eigenvalue weighted by atomic mass is 10.1. The Labute approximate surface area is 165 Å². The number of carbonyl (C=O) groups excluding carboxylic acids is 2. The molecule has 0 N–H and O–H groups in total. The van der Waals surface area contributed by atoms with E-state index in [0.29, 0.717) is 17.1 Å². The van der Waals surface area contributed by atoms with Gasteiger partial charge in [0.25, 0.3) is 5.91 Å². The van der Waals surface area contributed by atoms with Crippen LogP contribution in [0.3, 0.4) is 0 Å².